The fraction of sp³-hybridized carbons (Fsp3) is 0.406. The van der Waals surface area contributed by atoms with E-state index in [0.717, 1.165) is 56.0 Å². The SMILES string of the molecule is COc1cccc(CC(=O)N2CCCCCCCCN(Cc3ccc(C)cc3)Cc3ccccc32)c1. The molecule has 0 bridgehead atoms. The van der Waals surface area contributed by atoms with E-state index in [9.17, 15) is 4.79 Å². The van der Waals surface area contributed by atoms with Gasteiger partial charge in [-0.3, -0.25) is 9.69 Å². The number of ether oxygens (including phenoxy) is 1. The predicted octanol–water partition coefficient (Wildman–Crippen LogP) is 6.94. The van der Waals surface area contributed by atoms with Crippen LogP contribution in [-0.4, -0.2) is 31.0 Å². The summed E-state index contributed by atoms with van der Waals surface area (Å²) in [5.74, 6) is 0.938. The minimum Gasteiger partial charge on any atom is -0.497 e. The number of rotatable bonds is 5. The van der Waals surface area contributed by atoms with Gasteiger partial charge in [-0.05, 0) is 61.2 Å². The molecule has 4 nitrogen and oxygen atoms in total. The molecule has 3 aromatic rings. The normalized spacial score (nSPS) is 15.8. The molecule has 0 aromatic heterocycles. The Balaban J connectivity index is 1.59. The van der Waals surface area contributed by atoms with Gasteiger partial charge in [-0.1, -0.05) is 85.8 Å². The molecule has 0 radical (unpaired) electrons. The summed E-state index contributed by atoms with van der Waals surface area (Å²) < 4.78 is 5.38. The molecule has 4 rings (SSSR count). The second-order valence-electron chi connectivity index (χ2n) is 10.0. The predicted molar refractivity (Wildman–Crippen MR) is 148 cm³/mol. The highest BCUT2D eigenvalue weighted by Gasteiger charge is 2.20. The van der Waals surface area contributed by atoms with Crippen molar-refractivity contribution in [3.63, 3.8) is 0 Å². The Hall–Kier alpha value is -3.11. The lowest BCUT2D eigenvalue weighted by atomic mass is 10.1. The van der Waals surface area contributed by atoms with E-state index in [1.807, 2.05) is 29.2 Å². The van der Waals surface area contributed by atoms with Gasteiger partial charge in [0.1, 0.15) is 5.75 Å². The second-order valence-corrected chi connectivity index (χ2v) is 10.0. The summed E-state index contributed by atoms with van der Waals surface area (Å²) in [7, 11) is 1.67. The van der Waals surface area contributed by atoms with E-state index in [1.165, 1.54) is 42.4 Å². The lowest BCUT2D eigenvalue weighted by Gasteiger charge is -2.28. The van der Waals surface area contributed by atoms with Crippen molar-refractivity contribution in [3.8, 4) is 5.75 Å². The molecule has 0 atom stereocenters. The van der Waals surface area contributed by atoms with Crippen molar-refractivity contribution in [2.75, 3.05) is 25.1 Å². The molecule has 1 aliphatic rings. The number of nitrogens with zero attached hydrogens (tertiary/aromatic N) is 2. The Labute approximate surface area is 216 Å². The lowest BCUT2D eigenvalue weighted by Crippen LogP contribution is -2.35. The first kappa shape index (κ1) is 26.0. The molecule has 0 saturated heterocycles. The first-order chi connectivity index (χ1) is 17.6. The number of hydrogen-bond acceptors (Lipinski definition) is 3. The van der Waals surface area contributed by atoms with Crippen LogP contribution in [0.1, 0.15) is 60.8 Å². The fourth-order valence-electron chi connectivity index (χ4n) is 5.06. The molecule has 36 heavy (non-hydrogen) atoms. The third-order valence-electron chi connectivity index (χ3n) is 7.10. The zero-order valence-corrected chi connectivity index (χ0v) is 21.9. The Morgan fingerprint density at radius 2 is 1.53 bits per heavy atom. The summed E-state index contributed by atoms with van der Waals surface area (Å²) in [6.45, 7) is 5.73. The van der Waals surface area contributed by atoms with Gasteiger partial charge in [0, 0.05) is 25.3 Å². The number of carbonyl (C=O) groups is 1. The molecule has 0 fully saturated rings. The van der Waals surface area contributed by atoms with E-state index in [1.54, 1.807) is 7.11 Å². The maximum atomic E-state index is 13.7. The van der Waals surface area contributed by atoms with E-state index >= 15 is 0 Å². The molecule has 0 aliphatic carbocycles. The molecule has 0 spiro atoms. The van der Waals surface area contributed by atoms with Gasteiger partial charge in [-0.15, -0.1) is 0 Å². The Bertz CT molecular complexity index is 1110. The van der Waals surface area contributed by atoms with Crippen LogP contribution < -0.4 is 9.64 Å². The van der Waals surface area contributed by atoms with Crippen molar-refractivity contribution in [3.05, 3.63) is 95.1 Å². The summed E-state index contributed by atoms with van der Waals surface area (Å²) in [6.07, 6.45) is 7.56. The monoisotopic (exact) mass is 484 g/mol. The van der Waals surface area contributed by atoms with E-state index < -0.39 is 0 Å². The average Bonchev–Trinajstić information content (AvgIpc) is 2.91. The zero-order valence-electron chi connectivity index (χ0n) is 21.9. The van der Waals surface area contributed by atoms with Gasteiger partial charge in [0.2, 0.25) is 5.91 Å². The van der Waals surface area contributed by atoms with Crippen molar-refractivity contribution < 1.29 is 9.53 Å². The average molecular weight is 485 g/mol. The van der Waals surface area contributed by atoms with Crippen molar-refractivity contribution in [2.24, 2.45) is 0 Å². The molecule has 0 unspecified atom stereocenters. The number of hydrogen-bond donors (Lipinski definition) is 0. The second kappa shape index (κ2) is 13.3. The maximum Gasteiger partial charge on any atom is 0.231 e. The molecule has 190 valence electrons. The third-order valence-corrected chi connectivity index (χ3v) is 7.10. The van der Waals surface area contributed by atoms with Crippen LogP contribution in [0.4, 0.5) is 5.69 Å². The first-order valence-electron chi connectivity index (χ1n) is 13.4. The van der Waals surface area contributed by atoms with Crippen LogP contribution >= 0.6 is 0 Å². The number of benzene rings is 3. The quantitative estimate of drug-likeness (QED) is 0.393. The zero-order chi connectivity index (χ0) is 25.2. The number of carbonyl (C=O) groups excluding carboxylic acids is 1. The Morgan fingerprint density at radius 1 is 0.806 bits per heavy atom. The van der Waals surface area contributed by atoms with Gasteiger partial charge >= 0.3 is 0 Å². The van der Waals surface area contributed by atoms with Crippen molar-refractivity contribution in [1.82, 2.24) is 4.90 Å². The third kappa shape index (κ3) is 7.44. The number of amides is 1. The highest BCUT2D eigenvalue weighted by molar-refractivity contribution is 5.95. The fourth-order valence-corrected chi connectivity index (χ4v) is 5.06. The number of aryl methyl sites for hydroxylation is 1. The topological polar surface area (TPSA) is 32.8 Å². The summed E-state index contributed by atoms with van der Waals surface area (Å²) >= 11 is 0. The van der Waals surface area contributed by atoms with Gasteiger partial charge in [0.05, 0.1) is 13.5 Å². The summed E-state index contributed by atoms with van der Waals surface area (Å²) in [5.41, 5.74) is 5.90. The lowest BCUT2D eigenvalue weighted by molar-refractivity contribution is -0.118. The molecule has 1 aliphatic heterocycles. The van der Waals surface area contributed by atoms with Gasteiger partial charge in [0.25, 0.3) is 0 Å². The highest BCUT2D eigenvalue weighted by atomic mass is 16.5. The number of methoxy groups -OCH3 is 1. The number of para-hydroxylation sites is 1. The first-order valence-corrected chi connectivity index (χ1v) is 13.4. The molecular weight excluding hydrogens is 444 g/mol. The van der Waals surface area contributed by atoms with Crippen LogP contribution in [0.3, 0.4) is 0 Å². The molecule has 0 N–H and O–H groups in total. The van der Waals surface area contributed by atoms with Crippen LogP contribution in [0.5, 0.6) is 5.75 Å². The van der Waals surface area contributed by atoms with Crippen LogP contribution in [0.15, 0.2) is 72.8 Å². The smallest absolute Gasteiger partial charge is 0.231 e. The molecule has 1 amide bonds. The van der Waals surface area contributed by atoms with Gasteiger partial charge in [-0.25, -0.2) is 0 Å². The van der Waals surface area contributed by atoms with E-state index in [4.69, 9.17) is 4.74 Å². The van der Waals surface area contributed by atoms with Crippen molar-refractivity contribution in [1.29, 1.82) is 0 Å². The molecule has 1 heterocycles. The largest absolute Gasteiger partial charge is 0.497 e. The highest BCUT2D eigenvalue weighted by Crippen LogP contribution is 2.26. The minimum absolute atomic E-state index is 0.149. The van der Waals surface area contributed by atoms with E-state index in [-0.39, 0.29) is 5.91 Å². The van der Waals surface area contributed by atoms with Crippen molar-refractivity contribution in [2.45, 2.75) is 65.0 Å². The Morgan fingerprint density at radius 3 is 2.31 bits per heavy atom. The Kier molecular flexibility index (Phi) is 9.57. The summed E-state index contributed by atoms with van der Waals surface area (Å²) in [4.78, 5) is 18.3. The van der Waals surface area contributed by atoms with Gasteiger partial charge in [0.15, 0.2) is 0 Å². The van der Waals surface area contributed by atoms with Gasteiger partial charge in [-0.2, -0.15) is 0 Å². The number of fused-ring (bicyclic) bond motifs is 1. The minimum atomic E-state index is 0.149. The van der Waals surface area contributed by atoms with Crippen LogP contribution in [0, 0.1) is 6.92 Å². The molecule has 4 heteroatoms. The summed E-state index contributed by atoms with van der Waals surface area (Å²) in [5, 5.41) is 0. The standard InChI is InChI=1S/C32H40N2O2/c1-26-16-18-27(19-17-26)24-33-20-9-5-3-4-6-10-21-34(31-15-8-7-13-29(31)25-33)32(35)23-28-12-11-14-30(22-28)36-2/h7-8,11-19,22H,3-6,9-10,20-21,23-25H2,1-2H3. The van der Waals surface area contributed by atoms with Crippen molar-refractivity contribution >= 4 is 11.6 Å². The van der Waals surface area contributed by atoms with Crippen LogP contribution in [0.2, 0.25) is 0 Å². The van der Waals surface area contributed by atoms with E-state index in [2.05, 4.69) is 60.4 Å². The van der Waals surface area contributed by atoms with Crippen LogP contribution in [-0.2, 0) is 24.3 Å². The van der Waals surface area contributed by atoms with Gasteiger partial charge < -0.3 is 9.64 Å². The maximum absolute atomic E-state index is 13.7. The molecule has 3 aromatic carbocycles. The number of anilines is 1. The van der Waals surface area contributed by atoms with Crippen LogP contribution in [0.25, 0.3) is 0 Å². The molecule has 0 saturated carbocycles. The summed E-state index contributed by atoms with van der Waals surface area (Å²) in [6, 6.07) is 25.2. The van der Waals surface area contributed by atoms with E-state index in [0.29, 0.717) is 6.42 Å². The molecular formula is C32H40N2O2.